The van der Waals surface area contributed by atoms with Crippen molar-refractivity contribution in [3.63, 3.8) is 0 Å². The third-order valence-electron chi connectivity index (χ3n) is 6.48. The van der Waals surface area contributed by atoms with Crippen LogP contribution in [0, 0.1) is 25.6 Å². The molecule has 0 spiro atoms. The highest BCUT2D eigenvalue weighted by Gasteiger charge is 2.34. The molecule has 5 rings (SSSR count). The third kappa shape index (κ3) is 3.35. The van der Waals surface area contributed by atoms with E-state index in [9.17, 15) is 9.18 Å². The zero-order valence-corrected chi connectivity index (χ0v) is 18.5. The number of rotatable bonds is 4. The minimum atomic E-state index is -0.410. The smallest absolute Gasteiger partial charge is 0.258 e. The molecule has 31 heavy (non-hydrogen) atoms. The molecule has 0 unspecified atom stereocenters. The first-order chi connectivity index (χ1) is 14.9. The van der Waals surface area contributed by atoms with Gasteiger partial charge in [-0.05, 0) is 44.7 Å². The van der Waals surface area contributed by atoms with Crippen LogP contribution in [0.25, 0.3) is 5.65 Å². The number of nitrogens with zero attached hydrogens (tertiary/aromatic N) is 4. The molecule has 8 heteroatoms. The summed E-state index contributed by atoms with van der Waals surface area (Å²) in [7, 11) is 0. The Bertz CT molecular complexity index is 1200. The fourth-order valence-corrected chi connectivity index (χ4v) is 4.60. The standard InChI is InChI=1S/C23H24ClFN4O2/c1-4-14-7-16(8-14)31-20-9-15(25)5-6-17(20)23(30)28-10-18-19(11-28)27-29-13(3)21(24)12(2)26-22(18)29/h5-6,9,14,16H,4,7-8,10-11H2,1-3H3. The second-order valence-corrected chi connectivity index (χ2v) is 8.92. The summed E-state index contributed by atoms with van der Waals surface area (Å²) in [5.41, 5.74) is 4.40. The molecule has 6 nitrogen and oxygen atoms in total. The SMILES string of the molecule is CCC1CC(Oc2cc(F)ccc2C(=O)N2Cc3nn4c(C)c(Cl)c(C)nc4c3C2)C1. The van der Waals surface area contributed by atoms with Crippen LogP contribution in [-0.4, -0.2) is 31.5 Å². The van der Waals surface area contributed by atoms with E-state index in [4.69, 9.17) is 16.3 Å². The van der Waals surface area contributed by atoms with Crippen LogP contribution in [0.15, 0.2) is 18.2 Å². The van der Waals surface area contributed by atoms with E-state index in [1.54, 1.807) is 9.42 Å². The van der Waals surface area contributed by atoms with Crippen molar-refractivity contribution in [1.82, 2.24) is 19.5 Å². The number of aryl methyl sites for hydroxylation is 2. The van der Waals surface area contributed by atoms with Gasteiger partial charge in [0.15, 0.2) is 5.65 Å². The van der Waals surface area contributed by atoms with Crippen LogP contribution in [-0.2, 0) is 13.1 Å². The van der Waals surface area contributed by atoms with Gasteiger partial charge in [-0.2, -0.15) is 5.10 Å². The number of aromatic nitrogens is 3. The van der Waals surface area contributed by atoms with Crippen molar-refractivity contribution in [1.29, 1.82) is 0 Å². The molecule has 3 heterocycles. The lowest BCUT2D eigenvalue weighted by Crippen LogP contribution is -2.34. The summed E-state index contributed by atoms with van der Waals surface area (Å²) in [5.74, 6) is 0.364. The minimum Gasteiger partial charge on any atom is -0.489 e. The Balaban J connectivity index is 1.41. The van der Waals surface area contributed by atoms with E-state index in [0.717, 1.165) is 47.6 Å². The first-order valence-electron chi connectivity index (χ1n) is 10.6. The zero-order chi connectivity index (χ0) is 21.9. The van der Waals surface area contributed by atoms with E-state index in [0.29, 0.717) is 35.3 Å². The Kier molecular flexibility index (Phi) is 4.88. The van der Waals surface area contributed by atoms with E-state index >= 15 is 0 Å². The normalized spacial score (nSPS) is 20.1. The molecule has 1 aromatic carbocycles. The van der Waals surface area contributed by atoms with Crippen molar-refractivity contribution in [2.45, 2.75) is 59.2 Å². The molecule has 0 saturated heterocycles. The molecule has 1 fully saturated rings. The molecule has 2 aliphatic rings. The topological polar surface area (TPSA) is 59.7 Å². The summed E-state index contributed by atoms with van der Waals surface area (Å²) >= 11 is 6.31. The second-order valence-electron chi connectivity index (χ2n) is 8.54. The van der Waals surface area contributed by atoms with Gasteiger partial charge < -0.3 is 9.64 Å². The molecular formula is C23H24ClFN4O2. The molecule has 1 aliphatic carbocycles. The summed E-state index contributed by atoms with van der Waals surface area (Å²) in [6, 6.07) is 4.13. The maximum Gasteiger partial charge on any atom is 0.258 e. The number of benzene rings is 1. The Morgan fingerprint density at radius 2 is 2.06 bits per heavy atom. The van der Waals surface area contributed by atoms with E-state index in [-0.39, 0.29) is 12.0 Å². The monoisotopic (exact) mass is 442 g/mol. The Hall–Kier alpha value is -2.67. The van der Waals surface area contributed by atoms with Gasteiger partial charge in [-0.3, -0.25) is 4.79 Å². The number of carbonyl (C=O) groups is 1. The van der Waals surface area contributed by atoms with Gasteiger partial charge in [0, 0.05) is 11.6 Å². The van der Waals surface area contributed by atoms with Crippen LogP contribution in [0.2, 0.25) is 5.02 Å². The fraction of sp³-hybridized carbons (Fsp3) is 0.435. The number of halogens is 2. The highest BCUT2D eigenvalue weighted by Crippen LogP contribution is 2.36. The summed E-state index contributed by atoms with van der Waals surface area (Å²) in [6.07, 6.45) is 3.04. The van der Waals surface area contributed by atoms with Gasteiger partial charge >= 0.3 is 0 Å². The molecular weight excluding hydrogens is 419 g/mol. The molecule has 2 aromatic heterocycles. The predicted octanol–water partition coefficient (Wildman–Crippen LogP) is 4.86. The average molecular weight is 443 g/mol. The van der Waals surface area contributed by atoms with E-state index in [1.807, 2.05) is 13.8 Å². The number of fused-ring (bicyclic) bond motifs is 3. The Morgan fingerprint density at radius 1 is 1.29 bits per heavy atom. The number of hydrogen-bond acceptors (Lipinski definition) is 4. The average Bonchev–Trinajstić information content (AvgIpc) is 3.27. The minimum absolute atomic E-state index is 0.0400. The van der Waals surface area contributed by atoms with Crippen molar-refractivity contribution < 1.29 is 13.9 Å². The van der Waals surface area contributed by atoms with Gasteiger partial charge in [0.2, 0.25) is 0 Å². The third-order valence-corrected chi connectivity index (χ3v) is 7.03. The van der Waals surface area contributed by atoms with Gasteiger partial charge in [0.1, 0.15) is 11.6 Å². The fourth-order valence-electron chi connectivity index (χ4n) is 4.48. The first kappa shape index (κ1) is 20.2. The quantitative estimate of drug-likeness (QED) is 0.578. The summed E-state index contributed by atoms with van der Waals surface area (Å²) < 4.78 is 21.7. The Labute approximate surface area is 185 Å². The molecule has 0 bridgehead atoms. The number of carbonyl (C=O) groups excluding carboxylic acids is 1. The maximum absolute atomic E-state index is 13.9. The largest absolute Gasteiger partial charge is 0.489 e. The van der Waals surface area contributed by atoms with Crippen molar-refractivity contribution >= 4 is 23.2 Å². The Morgan fingerprint density at radius 3 is 2.81 bits per heavy atom. The van der Waals surface area contributed by atoms with Crippen LogP contribution < -0.4 is 4.74 Å². The molecule has 162 valence electrons. The van der Waals surface area contributed by atoms with Gasteiger partial charge in [-0.25, -0.2) is 13.9 Å². The van der Waals surface area contributed by atoms with Crippen LogP contribution in [0.4, 0.5) is 4.39 Å². The summed E-state index contributed by atoms with van der Waals surface area (Å²) in [5, 5.41) is 5.22. The van der Waals surface area contributed by atoms with Crippen LogP contribution in [0.1, 0.15) is 59.2 Å². The lowest BCUT2D eigenvalue weighted by atomic mass is 9.80. The van der Waals surface area contributed by atoms with Crippen LogP contribution in [0.3, 0.4) is 0 Å². The lowest BCUT2D eigenvalue weighted by molar-refractivity contribution is 0.0587. The molecule has 0 atom stereocenters. The van der Waals surface area contributed by atoms with Gasteiger partial charge in [-0.15, -0.1) is 0 Å². The van der Waals surface area contributed by atoms with Gasteiger partial charge in [-0.1, -0.05) is 24.9 Å². The summed E-state index contributed by atoms with van der Waals surface area (Å²) in [4.78, 5) is 19.6. The van der Waals surface area contributed by atoms with Crippen LogP contribution in [0.5, 0.6) is 5.75 Å². The van der Waals surface area contributed by atoms with Crippen molar-refractivity contribution in [3.8, 4) is 5.75 Å². The predicted molar refractivity (Wildman–Crippen MR) is 115 cm³/mol. The molecule has 3 aromatic rings. The molecule has 1 aliphatic heterocycles. The van der Waals surface area contributed by atoms with E-state index in [1.165, 1.54) is 18.2 Å². The molecule has 1 amide bonds. The number of ether oxygens (including phenoxy) is 1. The van der Waals surface area contributed by atoms with E-state index < -0.39 is 5.82 Å². The van der Waals surface area contributed by atoms with E-state index in [2.05, 4.69) is 17.0 Å². The van der Waals surface area contributed by atoms with Crippen molar-refractivity contribution in [2.24, 2.45) is 5.92 Å². The highest BCUT2D eigenvalue weighted by atomic mass is 35.5. The molecule has 1 saturated carbocycles. The first-order valence-corrected chi connectivity index (χ1v) is 11.0. The molecule has 0 radical (unpaired) electrons. The van der Waals surface area contributed by atoms with Gasteiger partial charge in [0.25, 0.3) is 5.91 Å². The highest BCUT2D eigenvalue weighted by molar-refractivity contribution is 6.31. The number of hydrogen-bond donors (Lipinski definition) is 0. The second kappa shape index (κ2) is 7.48. The number of amides is 1. The van der Waals surface area contributed by atoms with Gasteiger partial charge in [0.05, 0.1) is 46.9 Å². The summed E-state index contributed by atoms with van der Waals surface area (Å²) in [6.45, 7) is 6.68. The molecule has 0 N–H and O–H groups in total. The van der Waals surface area contributed by atoms with Crippen molar-refractivity contribution in [2.75, 3.05) is 0 Å². The zero-order valence-electron chi connectivity index (χ0n) is 17.8. The van der Waals surface area contributed by atoms with Crippen LogP contribution >= 0.6 is 11.6 Å². The van der Waals surface area contributed by atoms with Crippen molar-refractivity contribution in [3.05, 3.63) is 57.2 Å². The lowest BCUT2D eigenvalue weighted by Gasteiger charge is -2.35. The maximum atomic E-state index is 13.9.